The molecule has 0 spiro atoms. The topological polar surface area (TPSA) is 24.9 Å². The van der Waals surface area contributed by atoms with Crippen LogP contribution in [-0.4, -0.2) is 23.5 Å². The fourth-order valence-electron chi connectivity index (χ4n) is 2.89. The maximum Gasteiger partial charge on any atom is 0.248 e. The van der Waals surface area contributed by atoms with Gasteiger partial charge in [0.25, 0.3) is 0 Å². The van der Waals surface area contributed by atoms with Crippen molar-refractivity contribution in [3.05, 3.63) is 28.5 Å². The van der Waals surface area contributed by atoms with Crippen molar-refractivity contribution in [3.8, 4) is 0 Å². The summed E-state index contributed by atoms with van der Waals surface area (Å²) in [4.78, 5) is 4.39. The Kier molecular flexibility index (Phi) is 5.49. The molecule has 2 rings (SSSR count). The fraction of sp³-hybridized carbons (Fsp3) is 0.667. The van der Waals surface area contributed by atoms with E-state index < -0.39 is 5.92 Å². The zero-order chi connectivity index (χ0) is 14.6. The minimum atomic E-state index is -2.46. The van der Waals surface area contributed by atoms with Gasteiger partial charge < -0.3 is 5.32 Å². The van der Waals surface area contributed by atoms with Gasteiger partial charge in [-0.25, -0.2) is 8.78 Å². The molecule has 0 aromatic carbocycles. The highest BCUT2D eigenvalue weighted by atomic mass is 79.9. The molecule has 1 saturated carbocycles. The third-order valence-electron chi connectivity index (χ3n) is 4.01. The van der Waals surface area contributed by atoms with Gasteiger partial charge in [-0.2, -0.15) is 0 Å². The number of halogens is 3. The van der Waals surface area contributed by atoms with E-state index in [0.717, 1.165) is 23.1 Å². The molecular formula is C15H21BrF2N2. The molecule has 1 atom stereocenters. The highest BCUT2D eigenvalue weighted by molar-refractivity contribution is 9.10. The number of likely N-dealkylation sites (N-methyl/N-ethyl adjacent to an activating group) is 1. The molecule has 5 heteroatoms. The smallest absolute Gasteiger partial charge is 0.248 e. The summed E-state index contributed by atoms with van der Waals surface area (Å²) in [5.41, 5.74) is 1.01. The normalized spacial score (nSPS) is 20.8. The van der Waals surface area contributed by atoms with E-state index in [1.807, 2.05) is 12.1 Å². The van der Waals surface area contributed by atoms with Gasteiger partial charge in [0, 0.05) is 41.7 Å². The van der Waals surface area contributed by atoms with Crippen molar-refractivity contribution in [2.75, 3.05) is 6.54 Å². The predicted molar refractivity (Wildman–Crippen MR) is 80.0 cm³/mol. The number of alkyl halides is 2. The molecule has 0 amide bonds. The standard InChI is InChI=1S/C15H21BrF2N2/c1-2-19-14(9-13-4-3-12(16)10-20-13)11-5-7-15(17,18)8-6-11/h3-4,10-11,14,19H,2,5-9H2,1H3. The molecule has 0 aliphatic heterocycles. The van der Waals surface area contributed by atoms with Gasteiger partial charge in [0.15, 0.2) is 0 Å². The molecule has 1 aliphatic carbocycles. The van der Waals surface area contributed by atoms with Crippen LogP contribution in [0.2, 0.25) is 0 Å². The number of nitrogens with zero attached hydrogens (tertiary/aromatic N) is 1. The molecule has 1 fully saturated rings. The van der Waals surface area contributed by atoms with Gasteiger partial charge >= 0.3 is 0 Å². The van der Waals surface area contributed by atoms with Gasteiger partial charge in [-0.15, -0.1) is 0 Å². The van der Waals surface area contributed by atoms with Gasteiger partial charge in [0.05, 0.1) is 0 Å². The number of aromatic nitrogens is 1. The Balaban J connectivity index is 1.98. The van der Waals surface area contributed by atoms with Gasteiger partial charge in [0.1, 0.15) is 0 Å². The molecule has 0 bridgehead atoms. The zero-order valence-corrected chi connectivity index (χ0v) is 13.3. The number of rotatable bonds is 5. The molecule has 0 saturated heterocycles. The first-order valence-electron chi connectivity index (χ1n) is 7.22. The van der Waals surface area contributed by atoms with E-state index in [4.69, 9.17) is 0 Å². The summed E-state index contributed by atoms with van der Waals surface area (Å²) >= 11 is 3.37. The molecular weight excluding hydrogens is 326 g/mol. The summed E-state index contributed by atoms with van der Waals surface area (Å²) in [6.45, 7) is 2.91. The highest BCUT2D eigenvalue weighted by Gasteiger charge is 2.37. The molecule has 20 heavy (non-hydrogen) atoms. The number of hydrogen-bond acceptors (Lipinski definition) is 2. The lowest BCUT2D eigenvalue weighted by Gasteiger charge is -2.34. The SMILES string of the molecule is CCNC(Cc1ccc(Br)cn1)C1CCC(F)(F)CC1. The number of hydrogen-bond donors (Lipinski definition) is 1. The molecule has 0 radical (unpaired) electrons. The van der Waals surface area contributed by atoms with Crippen molar-refractivity contribution in [2.45, 2.75) is 51.0 Å². The zero-order valence-electron chi connectivity index (χ0n) is 11.7. The Bertz CT molecular complexity index is 412. The summed E-state index contributed by atoms with van der Waals surface area (Å²) in [6, 6.07) is 4.21. The van der Waals surface area contributed by atoms with E-state index in [9.17, 15) is 8.78 Å². The third kappa shape index (κ3) is 4.48. The van der Waals surface area contributed by atoms with Crippen molar-refractivity contribution >= 4 is 15.9 Å². The van der Waals surface area contributed by atoms with Crippen LogP contribution in [0.5, 0.6) is 0 Å². The molecule has 1 aromatic rings. The molecule has 1 aromatic heterocycles. The van der Waals surface area contributed by atoms with Crippen LogP contribution in [0.15, 0.2) is 22.8 Å². The van der Waals surface area contributed by atoms with Crippen LogP contribution in [-0.2, 0) is 6.42 Å². The summed E-state index contributed by atoms with van der Waals surface area (Å²) in [6.07, 6.45) is 3.83. The first-order chi connectivity index (χ1) is 9.50. The van der Waals surface area contributed by atoms with E-state index in [1.54, 1.807) is 6.20 Å². The average molecular weight is 347 g/mol. The second-order valence-corrected chi connectivity index (χ2v) is 6.45. The summed E-state index contributed by atoms with van der Waals surface area (Å²) in [5.74, 6) is -2.14. The van der Waals surface area contributed by atoms with Crippen LogP contribution < -0.4 is 5.32 Å². The van der Waals surface area contributed by atoms with Gasteiger partial charge in [-0.3, -0.25) is 4.98 Å². The Morgan fingerprint density at radius 2 is 2.10 bits per heavy atom. The van der Waals surface area contributed by atoms with Crippen LogP contribution in [0.3, 0.4) is 0 Å². The van der Waals surface area contributed by atoms with E-state index in [0.29, 0.717) is 18.8 Å². The largest absolute Gasteiger partial charge is 0.314 e. The van der Waals surface area contributed by atoms with Gasteiger partial charge in [-0.05, 0) is 53.4 Å². The number of nitrogens with one attached hydrogen (secondary N) is 1. The van der Waals surface area contributed by atoms with Crippen molar-refractivity contribution in [3.63, 3.8) is 0 Å². The minimum Gasteiger partial charge on any atom is -0.314 e. The van der Waals surface area contributed by atoms with Crippen molar-refractivity contribution in [1.29, 1.82) is 0 Å². The van der Waals surface area contributed by atoms with Crippen LogP contribution >= 0.6 is 15.9 Å². The Morgan fingerprint density at radius 3 is 2.65 bits per heavy atom. The molecule has 2 nitrogen and oxygen atoms in total. The maximum absolute atomic E-state index is 13.3. The minimum absolute atomic E-state index is 0.0212. The molecule has 1 heterocycles. The van der Waals surface area contributed by atoms with Crippen molar-refractivity contribution < 1.29 is 8.78 Å². The van der Waals surface area contributed by atoms with Crippen LogP contribution in [0.1, 0.15) is 38.3 Å². The molecule has 112 valence electrons. The summed E-state index contributed by atoms with van der Waals surface area (Å²) < 4.78 is 27.5. The lowest BCUT2D eigenvalue weighted by molar-refractivity contribution is -0.0495. The lowest BCUT2D eigenvalue weighted by atomic mass is 9.80. The van der Waals surface area contributed by atoms with E-state index >= 15 is 0 Å². The fourth-order valence-corrected chi connectivity index (χ4v) is 3.12. The van der Waals surface area contributed by atoms with E-state index in [-0.39, 0.29) is 18.9 Å². The van der Waals surface area contributed by atoms with Crippen LogP contribution in [0.25, 0.3) is 0 Å². The highest BCUT2D eigenvalue weighted by Crippen LogP contribution is 2.37. The second-order valence-electron chi connectivity index (χ2n) is 5.53. The average Bonchev–Trinajstić information content (AvgIpc) is 2.41. The molecule has 1 aliphatic rings. The summed E-state index contributed by atoms with van der Waals surface area (Å²) in [5, 5.41) is 3.45. The Hall–Kier alpha value is -0.550. The molecule has 1 unspecified atom stereocenters. The van der Waals surface area contributed by atoms with E-state index in [2.05, 4.69) is 33.2 Å². The Labute approximate surface area is 127 Å². The van der Waals surface area contributed by atoms with Gasteiger partial charge in [0.2, 0.25) is 5.92 Å². The van der Waals surface area contributed by atoms with Crippen LogP contribution in [0, 0.1) is 5.92 Å². The quantitative estimate of drug-likeness (QED) is 0.864. The van der Waals surface area contributed by atoms with Gasteiger partial charge in [-0.1, -0.05) is 6.92 Å². The van der Waals surface area contributed by atoms with E-state index in [1.165, 1.54) is 0 Å². The first kappa shape index (κ1) is 15.8. The third-order valence-corrected chi connectivity index (χ3v) is 4.48. The Morgan fingerprint density at radius 1 is 1.40 bits per heavy atom. The van der Waals surface area contributed by atoms with Crippen LogP contribution in [0.4, 0.5) is 8.78 Å². The summed E-state index contributed by atoms with van der Waals surface area (Å²) in [7, 11) is 0. The lowest BCUT2D eigenvalue weighted by Crippen LogP contribution is -2.41. The molecule has 1 N–H and O–H groups in total. The van der Waals surface area contributed by atoms with Crippen molar-refractivity contribution in [2.24, 2.45) is 5.92 Å². The number of pyridine rings is 1. The second kappa shape index (κ2) is 6.94. The maximum atomic E-state index is 13.3. The van der Waals surface area contributed by atoms with Crippen molar-refractivity contribution in [1.82, 2.24) is 10.3 Å². The first-order valence-corrected chi connectivity index (χ1v) is 8.01. The predicted octanol–water partition coefficient (Wildman–Crippen LogP) is 4.19. The monoisotopic (exact) mass is 346 g/mol.